The molecular formula is C19H16F3N3O3. The van der Waals surface area contributed by atoms with Gasteiger partial charge in [0.15, 0.2) is 11.5 Å². The number of ether oxygens (including phenoxy) is 2. The topological polar surface area (TPSA) is 65.4 Å². The quantitative estimate of drug-likeness (QED) is 0.738. The van der Waals surface area contributed by atoms with E-state index in [9.17, 15) is 18.0 Å². The van der Waals surface area contributed by atoms with Gasteiger partial charge in [-0.15, -0.1) is 0 Å². The molecule has 6 nitrogen and oxygen atoms in total. The van der Waals surface area contributed by atoms with Crippen LogP contribution in [-0.4, -0.2) is 28.7 Å². The molecule has 0 atom stereocenters. The van der Waals surface area contributed by atoms with Crippen LogP contribution in [0.15, 0.2) is 36.4 Å². The molecule has 1 aliphatic rings. The van der Waals surface area contributed by atoms with E-state index in [0.717, 1.165) is 12.1 Å². The number of fused-ring (bicyclic) bond motifs is 2. The van der Waals surface area contributed by atoms with Gasteiger partial charge in [-0.3, -0.25) is 4.79 Å². The number of hydrogen-bond donors (Lipinski definition) is 1. The molecule has 2 aromatic carbocycles. The second-order valence-electron chi connectivity index (χ2n) is 6.36. The average Bonchev–Trinajstić information content (AvgIpc) is 2.94. The Balaban J connectivity index is 1.58. The van der Waals surface area contributed by atoms with Gasteiger partial charge in [0.05, 0.1) is 16.6 Å². The van der Waals surface area contributed by atoms with Gasteiger partial charge in [0.1, 0.15) is 25.6 Å². The second kappa shape index (κ2) is 6.74. The molecule has 0 fully saturated rings. The molecule has 146 valence electrons. The van der Waals surface area contributed by atoms with Crippen molar-refractivity contribution in [3.8, 4) is 11.5 Å². The van der Waals surface area contributed by atoms with Gasteiger partial charge < -0.3 is 19.4 Å². The van der Waals surface area contributed by atoms with Crippen molar-refractivity contribution in [2.45, 2.75) is 19.6 Å². The highest BCUT2D eigenvalue weighted by Gasteiger charge is 2.30. The van der Waals surface area contributed by atoms with Crippen molar-refractivity contribution in [3.63, 3.8) is 0 Å². The Morgan fingerprint density at radius 3 is 2.61 bits per heavy atom. The molecule has 0 saturated carbocycles. The lowest BCUT2D eigenvalue weighted by molar-refractivity contribution is -0.137. The summed E-state index contributed by atoms with van der Waals surface area (Å²) in [6, 6.07) is 8.01. The van der Waals surface area contributed by atoms with Crippen molar-refractivity contribution in [2.75, 3.05) is 18.5 Å². The molecule has 0 aliphatic carbocycles. The number of nitrogens with zero attached hydrogens (tertiary/aromatic N) is 2. The molecule has 1 N–H and O–H groups in total. The number of benzene rings is 2. The van der Waals surface area contributed by atoms with Crippen LogP contribution < -0.4 is 14.8 Å². The van der Waals surface area contributed by atoms with Crippen LogP contribution in [0, 0.1) is 6.92 Å². The first-order chi connectivity index (χ1) is 13.3. The molecular weight excluding hydrogens is 375 g/mol. The normalized spacial score (nSPS) is 13.6. The van der Waals surface area contributed by atoms with E-state index in [2.05, 4.69) is 10.3 Å². The third kappa shape index (κ3) is 3.47. The summed E-state index contributed by atoms with van der Waals surface area (Å²) in [6.45, 7) is 2.54. The molecule has 3 aromatic rings. The number of amides is 1. The van der Waals surface area contributed by atoms with Gasteiger partial charge in [-0.2, -0.15) is 13.2 Å². The van der Waals surface area contributed by atoms with Gasteiger partial charge >= 0.3 is 6.18 Å². The highest BCUT2D eigenvalue weighted by Crippen LogP contribution is 2.35. The molecule has 0 saturated heterocycles. The fraction of sp³-hybridized carbons (Fsp3) is 0.263. The zero-order valence-corrected chi connectivity index (χ0v) is 14.8. The van der Waals surface area contributed by atoms with Crippen molar-refractivity contribution >= 4 is 22.6 Å². The van der Waals surface area contributed by atoms with Gasteiger partial charge in [0.2, 0.25) is 5.91 Å². The lowest BCUT2D eigenvalue weighted by Gasteiger charge is -2.18. The van der Waals surface area contributed by atoms with Crippen LogP contribution in [0.4, 0.5) is 18.9 Å². The number of aromatic nitrogens is 2. The maximum Gasteiger partial charge on any atom is 0.416 e. The minimum absolute atomic E-state index is 0.0796. The summed E-state index contributed by atoms with van der Waals surface area (Å²) in [4.78, 5) is 16.9. The number of halogens is 3. The van der Waals surface area contributed by atoms with E-state index in [0.29, 0.717) is 41.6 Å². The molecule has 2 heterocycles. The van der Waals surface area contributed by atoms with Crippen molar-refractivity contribution < 1.29 is 27.4 Å². The van der Waals surface area contributed by atoms with E-state index in [1.165, 1.54) is 12.1 Å². The number of aryl methyl sites for hydroxylation is 1. The highest BCUT2D eigenvalue weighted by atomic mass is 19.4. The number of carbonyl (C=O) groups excluding carboxylic acids is 1. The van der Waals surface area contributed by atoms with Crippen molar-refractivity contribution in [1.82, 2.24) is 9.55 Å². The van der Waals surface area contributed by atoms with E-state index < -0.39 is 17.6 Å². The highest BCUT2D eigenvalue weighted by molar-refractivity contribution is 5.92. The number of hydrogen-bond acceptors (Lipinski definition) is 4. The van der Waals surface area contributed by atoms with Gasteiger partial charge in [0.25, 0.3) is 0 Å². The van der Waals surface area contributed by atoms with Gasteiger partial charge in [-0.05, 0) is 25.1 Å². The number of alkyl halides is 3. The Hall–Kier alpha value is -3.23. The maximum absolute atomic E-state index is 12.8. The Labute approximate surface area is 157 Å². The summed E-state index contributed by atoms with van der Waals surface area (Å²) >= 11 is 0. The summed E-state index contributed by atoms with van der Waals surface area (Å²) in [7, 11) is 0. The molecule has 0 bridgehead atoms. The third-order valence-corrected chi connectivity index (χ3v) is 4.38. The Morgan fingerprint density at radius 2 is 1.89 bits per heavy atom. The smallest absolute Gasteiger partial charge is 0.416 e. The third-order valence-electron chi connectivity index (χ3n) is 4.38. The van der Waals surface area contributed by atoms with Gasteiger partial charge in [-0.1, -0.05) is 6.07 Å². The first-order valence-corrected chi connectivity index (χ1v) is 8.55. The Kier molecular flexibility index (Phi) is 4.37. The zero-order valence-electron chi connectivity index (χ0n) is 14.8. The molecule has 0 spiro atoms. The molecule has 0 unspecified atom stereocenters. The van der Waals surface area contributed by atoms with Crippen molar-refractivity contribution in [3.05, 3.63) is 47.8 Å². The Bertz CT molecular complexity index is 1060. The number of carbonyl (C=O) groups is 1. The molecule has 28 heavy (non-hydrogen) atoms. The standard InChI is InChI=1S/C19H16F3N3O3/c1-11-23-14-8-16-17(28-6-5-27-16)9-15(14)25(11)10-18(26)24-13-4-2-3-12(7-13)19(20,21)22/h2-4,7-9H,5-6,10H2,1H3,(H,24,26). The van der Waals surface area contributed by atoms with Gasteiger partial charge in [-0.25, -0.2) is 4.98 Å². The summed E-state index contributed by atoms with van der Waals surface area (Å²) in [5, 5.41) is 2.50. The van der Waals surface area contributed by atoms with Crippen LogP contribution in [0.2, 0.25) is 0 Å². The summed E-state index contributed by atoms with van der Waals surface area (Å²) in [5.41, 5.74) is 0.587. The zero-order chi connectivity index (χ0) is 19.9. The fourth-order valence-corrected chi connectivity index (χ4v) is 3.10. The predicted molar refractivity (Wildman–Crippen MR) is 95.5 cm³/mol. The molecule has 9 heteroatoms. The average molecular weight is 391 g/mol. The first-order valence-electron chi connectivity index (χ1n) is 8.55. The van der Waals surface area contributed by atoms with Crippen LogP contribution in [-0.2, 0) is 17.5 Å². The van der Waals surface area contributed by atoms with E-state index in [-0.39, 0.29) is 12.2 Å². The lowest BCUT2D eigenvalue weighted by Crippen LogP contribution is -2.20. The number of imidazole rings is 1. The van der Waals surface area contributed by atoms with Crippen LogP contribution >= 0.6 is 0 Å². The maximum atomic E-state index is 12.8. The van der Waals surface area contributed by atoms with Crippen molar-refractivity contribution in [2.24, 2.45) is 0 Å². The monoisotopic (exact) mass is 391 g/mol. The van der Waals surface area contributed by atoms with E-state index in [4.69, 9.17) is 9.47 Å². The molecule has 1 aromatic heterocycles. The summed E-state index contributed by atoms with van der Waals surface area (Å²) < 4.78 is 51.3. The SMILES string of the molecule is Cc1nc2cc3c(cc2n1CC(=O)Nc1cccc(C(F)(F)F)c1)OCCO3. The second-order valence-corrected chi connectivity index (χ2v) is 6.36. The van der Waals surface area contributed by atoms with Crippen LogP contribution in [0.3, 0.4) is 0 Å². The fourth-order valence-electron chi connectivity index (χ4n) is 3.10. The predicted octanol–water partition coefficient (Wildman–Crippen LogP) is 3.77. The van der Waals surface area contributed by atoms with Gasteiger partial charge in [0, 0.05) is 17.8 Å². The molecule has 0 radical (unpaired) electrons. The lowest BCUT2D eigenvalue weighted by atomic mass is 10.2. The molecule has 4 rings (SSSR count). The minimum Gasteiger partial charge on any atom is -0.486 e. The van der Waals surface area contributed by atoms with Crippen LogP contribution in [0.5, 0.6) is 11.5 Å². The van der Waals surface area contributed by atoms with Crippen LogP contribution in [0.25, 0.3) is 11.0 Å². The summed E-state index contributed by atoms with van der Waals surface area (Å²) in [5.74, 6) is 1.29. The molecule has 1 amide bonds. The number of anilines is 1. The van der Waals surface area contributed by atoms with E-state index in [1.54, 1.807) is 23.6 Å². The minimum atomic E-state index is -4.47. The number of rotatable bonds is 3. The summed E-state index contributed by atoms with van der Waals surface area (Å²) in [6.07, 6.45) is -4.47. The van der Waals surface area contributed by atoms with Crippen LogP contribution in [0.1, 0.15) is 11.4 Å². The number of nitrogens with one attached hydrogen (secondary N) is 1. The first kappa shape index (κ1) is 18.1. The van der Waals surface area contributed by atoms with Crippen molar-refractivity contribution in [1.29, 1.82) is 0 Å². The Morgan fingerprint density at radius 1 is 1.18 bits per heavy atom. The molecule has 1 aliphatic heterocycles. The van der Waals surface area contributed by atoms with E-state index >= 15 is 0 Å². The van der Waals surface area contributed by atoms with E-state index in [1.807, 2.05) is 0 Å². The largest absolute Gasteiger partial charge is 0.486 e.